The Hall–Kier alpha value is -2.62. The molecular formula is C32H40O4. The van der Waals surface area contributed by atoms with Crippen molar-refractivity contribution in [2.75, 3.05) is 0 Å². The normalized spacial score (nSPS) is 28.4. The minimum Gasteiger partial charge on any atom is -0.507 e. The van der Waals surface area contributed by atoms with E-state index in [2.05, 4.69) is 26.0 Å². The van der Waals surface area contributed by atoms with Crippen LogP contribution in [0.25, 0.3) is 0 Å². The lowest BCUT2D eigenvalue weighted by Crippen LogP contribution is -2.56. The van der Waals surface area contributed by atoms with Crippen LogP contribution in [0.4, 0.5) is 0 Å². The number of carbonyl (C=O) groups is 2. The van der Waals surface area contributed by atoms with Crippen molar-refractivity contribution >= 4 is 12.6 Å². The average Bonchev–Trinajstić information content (AvgIpc) is 2.86. The second-order valence-corrected chi connectivity index (χ2v) is 12.1. The predicted molar refractivity (Wildman–Crippen MR) is 142 cm³/mol. The summed E-state index contributed by atoms with van der Waals surface area (Å²) >= 11 is 0. The standard InChI is InChI=1S/C32H40O4/c1-3-5-7-23-10-27(12-25(18-33)29(23)35)31-14-21-9-22(15-31)17-32(16-21,20-31)28-11-24(8-6-4-2)30(36)26(13-28)19-34/h10-13,18-19,21-22,35-36H,3-9,14-17,20H2,1-2H3. The number of phenolic OH excluding ortho intramolecular Hbond substituents is 2. The van der Waals surface area contributed by atoms with Crippen molar-refractivity contribution < 1.29 is 19.8 Å². The van der Waals surface area contributed by atoms with E-state index in [0.29, 0.717) is 23.0 Å². The lowest BCUT2D eigenvalue weighted by Gasteiger charge is -2.63. The summed E-state index contributed by atoms with van der Waals surface area (Å²) in [5.41, 5.74) is 5.03. The van der Waals surface area contributed by atoms with Crippen molar-refractivity contribution in [3.05, 3.63) is 57.6 Å². The van der Waals surface area contributed by atoms with Crippen LogP contribution in [0.5, 0.6) is 11.5 Å². The molecule has 4 fully saturated rings. The van der Waals surface area contributed by atoms with E-state index in [-0.39, 0.29) is 22.3 Å². The number of aldehydes is 2. The molecule has 4 aliphatic carbocycles. The van der Waals surface area contributed by atoms with Crippen molar-refractivity contribution in [3.8, 4) is 11.5 Å². The van der Waals surface area contributed by atoms with Gasteiger partial charge in [0.1, 0.15) is 11.5 Å². The van der Waals surface area contributed by atoms with Gasteiger partial charge in [-0.05, 0) is 121 Å². The topological polar surface area (TPSA) is 74.6 Å². The Bertz CT molecular complexity index is 1060. The van der Waals surface area contributed by atoms with Crippen LogP contribution in [0.15, 0.2) is 24.3 Å². The Morgan fingerprint density at radius 1 is 0.750 bits per heavy atom. The highest BCUT2D eigenvalue weighted by atomic mass is 16.3. The first-order valence-electron chi connectivity index (χ1n) is 14.0. The van der Waals surface area contributed by atoms with E-state index >= 15 is 0 Å². The van der Waals surface area contributed by atoms with E-state index in [4.69, 9.17) is 0 Å². The molecule has 0 atom stereocenters. The fourth-order valence-corrected chi connectivity index (χ4v) is 8.28. The van der Waals surface area contributed by atoms with Crippen LogP contribution < -0.4 is 0 Å². The van der Waals surface area contributed by atoms with Crippen LogP contribution in [0.3, 0.4) is 0 Å². The van der Waals surface area contributed by atoms with Gasteiger partial charge in [-0.15, -0.1) is 0 Å². The molecule has 2 aromatic carbocycles. The molecule has 0 amide bonds. The quantitative estimate of drug-likeness (QED) is 0.347. The lowest BCUT2D eigenvalue weighted by molar-refractivity contribution is -0.0282. The highest BCUT2D eigenvalue weighted by Gasteiger charge is 2.58. The van der Waals surface area contributed by atoms with Gasteiger partial charge in [-0.1, -0.05) is 38.8 Å². The fourth-order valence-electron chi connectivity index (χ4n) is 8.28. The zero-order chi connectivity index (χ0) is 25.5. The van der Waals surface area contributed by atoms with E-state index in [0.717, 1.165) is 94.3 Å². The molecule has 0 radical (unpaired) electrons. The van der Waals surface area contributed by atoms with Gasteiger partial charge in [0.2, 0.25) is 0 Å². The Morgan fingerprint density at radius 2 is 1.17 bits per heavy atom. The summed E-state index contributed by atoms with van der Waals surface area (Å²) in [7, 11) is 0. The summed E-state index contributed by atoms with van der Waals surface area (Å²) in [5, 5.41) is 21.5. The number of rotatable bonds is 10. The Morgan fingerprint density at radius 3 is 1.53 bits per heavy atom. The monoisotopic (exact) mass is 488 g/mol. The maximum atomic E-state index is 11.9. The number of hydrogen-bond donors (Lipinski definition) is 2. The summed E-state index contributed by atoms with van der Waals surface area (Å²) < 4.78 is 0. The second kappa shape index (κ2) is 9.68. The van der Waals surface area contributed by atoms with Crippen LogP contribution in [0.1, 0.15) is 121 Å². The number of carbonyl (C=O) groups excluding carboxylic acids is 2. The molecule has 36 heavy (non-hydrogen) atoms. The zero-order valence-corrected chi connectivity index (χ0v) is 21.8. The molecule has 0 aromatic heterocycles. The first kappa shape index (κ1) is 25.0. The highest BCUT2D eigenvalue weighted by molar-refractivity contribution is 5.81. The summed E-state index contributed by atoms with van der Waals surface area (Å²) in [6.07, 6.45) is 14.0. The molecule has 4 nitrogen and oxygen atoms in total. The Labute approximate surface area is 215 Å². The molecule has 4 heteroatoms. The van der Waals surface area contributed by atoms with Crippen molar-refractivity contribution in [2.45, 2.75) is 102 Å². The summed E-state index contributed by atoms with van der Waals surface area (Å²) in [6.45, 7) is 4.29. The molecular weight excluding hydrogens is 448 g/mol. The molecule has 0 spiro atoms. The van der Waals surface area contributed by atoms with Crippen molar-refractivity contribution in [2.24, 2.45) is 11.8 Å². The molecule has 4 bridgehead atoms. The first-order chi connectivity index (χ1) is 17.4. The minimum absolute atomic E-state index is 0.0146. The zero-order valence-electron chi connectivity index (χ0n) is 21.8. The number of unbranched alkanes of at least 4 members (excludes halogenated alkanes) is 2. The van der Waals surface area contributed by atoms with Gasteiger partial charge in [-0.2, -0.15) is 0 Å². The third-order valence-electron chi connectivity index (χ3n) is 9.58. The minimum atomic E-state index is -0.0146. The van der Waals surface area contributed by atoms with Gasteiger partial charge in [0.15, 0.2) is 12.6 Å². The average molecular weight is 489 g/mol. The van der Waals surface area contributed by atoms with Gasteiger partial charge >= 0.3 is 0 Å². The molecule has 0 saturated heterocycles. The number of benzene rings is 2. The van der Waals surface area contributed by atoms with Crippen LogP contribution in [-0.4, -0.2) is 22.8 Å². The van der Waals surface area contributed by atoms with Gasteiger partial charge in [0.05, 0.1) is 11.1 Å². The number of aryl methyl sites for hydroxylation is 2. The van der Waals surface area contributed by atoms with Gasteiger partial charge in [0.25, 0.3) is 0 Å². The third kappa shape index (κ3) is 4.17. The van der Waals surface area contributed by atoms with Gasteiger partial charge in [0, 0.05) is 0 Å². The number of phenols is 2. The van der Waals surface area contributed by atoms with Gasteiger partial charge in [-0.25, -0.2) is 0 Å². The molecule has 0 heterocycles. The second-order valence-electron chi connectivity index (χ2n) is 12.1. The van der Waals surface area contributed by atoms with Crippen molar-refractivity contribution in [1.82, 2.24) is 0 Å². The van der Waals surface area contributed by atoms with Crippen LogP contribution in [0.2, 0.25) is 0 Å². The summed E-state index contributed by atoms with van der Waals surface area (Å²) in [4.78, 5) is 23.9. The fraction of sp³-hybridized carbons (Fsp3) is 0.562. The van der Waals surface area contributed by atoms with Crippen LogP contribution >= 0.6 is 0 Å². The Balaban J connectivity index is 1.60. The largest absolute Gasteiger partial charge is 0.507 e. The molecule has 2 aromatic rings. The molecule has 4 saturated carbocycles. The van der Waals surface area contributed by atoms with Crippen LogP contribution in [0, 0.1) is 11.8 Å². The van der Waals surface area contributed by atoms with Crippen molar-refractivity contribution in [1.29, 1.82) is 0 Å². The molecule has 0 unspecified atom stereocenters. The molecule has 4 aliphatic rings. The summed E-state index contributed by atoms with van der Waals surface area (Å²) in [5.74, 6) is 1.53. The summed E-state index contributed by atoms with van der Waals surface area (Å²) in [6, 6.07) is 8.30. The molecule has 192 valence electrons. The van der Waals surface area contributed by atoms with E-state index in [1.165, 1.54) is 17.5 Å². The molecule has 6 rings (SSSR count). The lowest BCUT2D eigenvalue weighted by atomic mass is 9.41. The van der Waals surface area contributed by atoms with Crippen molar-refractivity contribution in [3.63, 3.8) is 0 Å². The Kier molecular flexibility index (Phi) is 6.74. The smallest absolute Gasteiger partial charge is 0.153 e. The third-order valence-corrected chi connectivity index (χ3v) is 9.58. The molecule has 2 N–H and O–H groups in total. The van der Waals surface area contributed by atoms with Gasteiger partial charge < -0.3 is 10.2 Å². The maximum Gasteiger partial charge on any atom is 0.153 e. The SMILES string of the molecule is CCCCc1cc(C23CC4CC(C2)CC(c2cc(C=O)c(O)c(CCCC)c2)(C4)C3)cc(C=O)c1O. The number of hydrogen-bond acceptors (Lipinski definition) is 4. The predicted octanol–water partition coefficient (Wildman–Crippen LogP) is 7.20. The van der Waals surface area contributed by atoms with E-state index < -0.39 is 0 Å². The van der Waals surface area contributed by atoms with E-state index in [1.807, 2.05) is 12.1 Å². The van der Waals surface area contributed by atoms with Crippen LogP contribution in [-0.2, 0) is 23.7 Å². The highest BCUT2D eigenvalue weighted by Crippen LogP contribution is 2.66. The van der Waals surface area contributed by atoms with E-state index in [9.17, 15) is 19.8 Å². The maximum absolute atomic E-state index is 11.9. The first-order valence-corrected chi connectivity index (χ1v) is 14.0. The molecule has 0 aliphatic heterocycles. The van der Waals surface area contributed by atoms with Gasteiger partial charge in [-0.3, -0.25) is 9.59 Å². The number of aromatic hydroxyl groups is 2. The van der Waals surface area contributed by atoms with E-state index in [1.54, 1.807) is 0 Å².